The number of hydrogen-bond donors (Lipinski definition) is 2. The number of hydrogen-bond acceptors (Lipinski definition) is 4. The first kappa shape index (κ1) is 13.3. The molecule has 5 nitrogen and oxygen atoms in total. The van der Waals surface area contributed by atoms with Crippen LogP contribution in [-0.2, 0) is 10.0 Å². The number of nitrogens with two attached hydrogens (primary N) is 2. The normalized spacial score (nSPS) is 11.3. The van der Waals surface area contributed by atoms with E-state index >= 15 is 0 Å². The molecule has 7 heteroatoms. The summed E-state index contributed by atoms with van der Waals surface area (Å²) in [6, 6.07) is 9.60. The van der Waals surface area contributed by atoms with Crippen molar-refractivity contribution < 1.29 is 17.5 Å². The molecule has 0 aromatic heterocycles. The minimum atomic E-state index is -3.94. The maximum Gasteiger partial charge on any atom is 0.238 e. The molecule has 100 valence electrons. The Morgan fingerprint density at radius 3 is 2.42 bits per heavy atom. The average Bonchev–Trinajstić information content (AvgIpc) is 2.30. The Labute approximate surface area is 109 Å². The number of benzene rings is 2. The summed E-state index contributed by atoms with van der Waals surface area (Å²) in [7, 11) is -3.94. The highest BCUT2D eigenvalue weighted by Gasteiger charge is 2.12. The molecule has 2 aromatic rings. The van der Waals surface area contributed by atoms with Gasteiger partial charge >= 0.3 is 0 Å². The molecule has 0 saturated heterocycles. The highest BCUT2D eigenvalue weighted by atomic mass is 32.2. The predicted molar refractivity (Wildman–Crippen MR) is 68.7 cm³/mol. The quantitative estimate of drug-likeness (QED) is 0.840. The third-order valence-electron chi connectivity index (χ3n) is 2.32. The molecule has 4 N–H and O–H groups in total. The second kappa shape index (κ2) is 4.87. The molecule has 0 bridgehead atoms. The van der Waals surface area contributed by atoms with Crippen molar-refractivity contribution in [2.24, 2.45) is 5.14 Å². The van der Waals surface area contributed by atoms with Crippen molar-refractivity contribution in [2.45, 2.75) is 4.90 Å². The average molecular weight is 282 g/mol. The fourth-order valence-electron chi connectivity index (χ4n) is 1.45. The predicted octanol–water partition coefficient (Wildman–Crippen LogP) is 1.85. The van der Waals surface area contributed by atoms with Gasteiger partial charge in [0.15, 0.2) is 11.6 Å². The molecule has 2 rings (SSSR count). The molecular formula is C12H11FN2O3S. The third kappa shape index (κ3) is 3.21. The molecule has 0 fully saturated rings. The number of rotatable bonds is 3. The van der Waals surface area contributed by atoms with Crippen LogP contribution in [0.3, 0.4) is 0 Å². The van der Waals surface area contributed by atoms with E-state index in [0.717, 1.165) is 6.07 Å². The van der Waals surface area contributed by atoms with Gasteiger partial charge in [0.05, 0.1) is 4.90 Å². The van der Waals surface area contributed by atoms with Crippen molar-refractivity contribution in [2.75, 3.05) is 5.73 Å². The lowest BCUT2D eigenvalue weighted by atomic mass is 10.3. The van der Waals surface area contributed by atoms with E-state index in [4.69, 9.17) is 15.6 Å². The fourth-order valence-corrected chi connectivity index (χ4v) is 1.97. The molecule has 0 saturated carbocycles. The molecule has 2 aromatic carbocycles. The largest absolute Gasteiger partial charge is 0.454 e. The molecule has 0 heterocycles. The van der Waals surface area contributed by atoms with Crippen LogP contribution in [0.25, 0.3) is 0 Å². The van der Waals surface area contributed by atoms with Crippen LogP contribution < -0.4 is 15.6 Å². The topological polar surface area (TPSA) is 95.4 Å². The van der Waals surface area contributed by atoms with Crippen molar-refractivity contribution in [1.29, 1.82) is 0 Å². The minimum Gasteiger partial charge on any atom is -0.454 e. The summed E-state index contributed by atoms with van der Waals surface area (Å²) in [4.78, 5) is -0.315. The molecule has 0 spiro atoms. The van der Waals surface area contributed by atoms with Crippen molar-refractivity contribution >= 4 is 15.7 Å². The summed E-state index contributed by atoms with van der Waals surface area (Å²) < 4.78 is 41.1. The van der Waals surface area contributed by atoms with Gasteiger partial charge in [0, 0.05) is 11.8 Å². The van der Waals surface area contributed by atoms with E-state index in [1.165, 1.54) is 18.2 Å². The number of anilines is 1. The summed E-state index contributed by atoms with van der Waals surface area (Å²) >= 11 is 0. The summed E-state index contributed by atoms with van der Waals surface area (Å²) in [5.74, 6) is -0.589. The van der Waals surface area contributed by atoms with Crippen molar-refractivity contribution in [3.8, 4) is 11.5 Å². The summed E-state index contributed by atoms with van der Waals surface area (Å²) in [6.07, 6.45) is 0. The fraction of sp³-hybridized carbons (Fsp3) is 0. The first-order valence-corrected chi connectivity index (χ1v) is 6.76. The van der Waals surface area contributed by atoms with E-state index in [1.54, 1.807) is 18.2 Å². The number of sulfonamides is 1. The van der Waals surface area contributed by atoms with E-state index in [-0.39, 0.29) is 10.6 Å². The third-order valence-corrected chi connectivity index (χ3v) is 3.23. The van der Waals surface area contributed by atoms with Crippen LogP contribution in [0.15, 0.2) is 47.4 Å². The van der Waals surface area contributed by atoms with Gasteiger partial charge in [0.1, 0.15) is 5.75 Å². The molecule has 0 unspecified atom stereocenters. The lowest BCUT2D eigenvalue weighted by molar-refractivity contribution is 0.441. The van der Waals surface area contributed by atoms with Gasteiger partial charge in [0.2, 0.25) is 10.0 Å². The van der Waals surface area contributed by atoms with Crippen molar-refractivity contribution in [1.82, 2.24) is 0 Å². The van der Waals surface area contributed by atoms with Gasteiger partial charge in [-0.05, 0) is 30.3 Å². The molecule has 0 aliphatic heterocycles. The molecule has 19 heavy (non-hydrogen) atoms. The zero-order valence-corrected chi connectivity index (χ0v) is 10.5. The van der Waals surface area contributed by atoms with Gasteiger partial charge in [-0.3, -0.25) is 0 Å². The number of halogens is 1. The zero-order valence-electron chi connectivity index (χ0n) is 9.71. The van der Waals surface area contributed by atoms with E-state index in [0.29, 0.717) is 11.4 Å². The van der Waals surface area contributed by atoms with Crippen LogP contribution in [0.5, 0.6) is 11.5 Å². The Balaban J connectivity index is 2.32. The van der Waals surface area contributed by atoms with Gasteiger partial charge in [-0.25, -0.2) is 17.9 Å². The Bertz CT molecular complexity index is 717. The van der Waals surface area contributed by atoms with E-state index in [1.807, 2.05) is 0 Å². The minimum absolute atomic E-state index is 0.113. The lowest BCUT2D eigenvalue weighted by Gasteiger charge is -2.08. The smallest absolute Gasteiger partial charge is 0.238 e. The number of nitrogen functional groups attached to an aromatic ring is 1. The summed E-state index contributed by atoms with van der Waals surface area (Å²) in [6.45, 7) is 0. The van der Waals surface area contributed by atoms with Crippen LogP contribution in [0.1, 0.15) is 0 Å². The van der Waals surface area contributed by atoms with Gasteiger partial charge in [-0.2, -0.15) is 0 Å². The first-order chi connectivity index (χ1) is 8.86. The van der Waals surface area contributed by atoms with Gasteiger partial charge < -0.3 is 10.5 Å². The highest BCUT2D eigenvalue weighted by Crippen LogP contribution is 2.27. The Morgan fingerprint density at radius 1 is 1.11 bits per heavy atom. The van der Waals surface area contributed by atoms with Crippen LogP contribution in [-0.4, -0.2) is 8.42 Å². The van der Waals surface area contributed by atoms with Crippen LogP contribution >= 0.6 is 0 Å². The van der Waals surface area contributed by atoms with Crippen molar-refractivity contribution in [3.05, 3.63) is 48.3 Å². The van der Waals surface area contributed by atoms with E-state index < -0.39 is 15.8 Å². The summed E-state index contributed by atoms with van der Waals surface area (Å²) in [5, 5.41) is 4.90. The van der Waals surface area contributed by atoms with Crippen LogP contribution in [0.2, 0.25) is 0 Å². The van der Waals surface area contributed by atoms with E-state index in [2.05, 4.69) is 0 Å². The van der Waals surface area contributed by atoms with Gasteiger partial charge in [0.25, 0.3) is 0 Å². The van der Waals surface area contributed by atoms with Gasteiger partial charge in [-0.15, -0.1) is 0 Å². The van der Waals surface area contributed by atoms with Gasteiger partial charge in [-0.1, -0.05) is 6.07 Å². The molecule has 0 atom stereocenters. The highest BCUT2D eigenvalue weighted by molar-refractivity contribution is 7.89. The Morgan fingerprint density at radius 2 is 1.84 bits per heavy atom. The van der Waals surface area contributed by atoms with Crippen LogP contribution in [0.4, 0.5) is 10.1 Å². The molecule has 0 radical (unpaired) electrons. The Hall–Kier alpha value is -2.12. The zero-order chi connectivity index (χ0) is 14.0. The first-order valence-electron chi connectivity index (χ1n) is 5.22. The second-order valence-corrected chi connectivity index (χ2v) is 5.37. The van der Waals surface area contributed by atoms with E-state index in [9.17, 15) is 12.8 Å². The molecular weight excluding hydrogens is 271 g/mol. The molecule has 0 aliphatic rings. The SMILES string of the molecule is Nc1cccc(Oc2ccc(S(N)(=O)=O)cc2F)c1. The monoisotopic (exact) mass is 282 g/mol. The Kier molecular flexibility index (Phi) is 3.41. The number of primary sulfonamides is 1. The number of ether oxygens (including phenoxy) is 1. The maximum absolute atomic E-state index is 13.7. The summed E-state index contributed by atoms with van der Waals surface area (Å²) in [5.41, 5.74) is 6.03. The van der Waals surface area contributed by atoms with Crippen molar-refractivity contribution in [3.63, 3.8) is 0 Å². The second-order valence-electron chi connectivity index (χ2n) is 3.81. The van der Waals surface area contributed by atoms with Crippen LogP contribution in [0, 0.1) is 5.82 Å². The molecule has 0 aliphatic carbocycles. The molecule has 0 amide bonds. The standard InChI is InChI=1S/C12H11FN2O3S/c13-11-7-10(19(15,16)17)4-5-12(11)18-9-3-1-2-8(14)6-9/h1-7H,14H2,(H2,15,16,17). The maximum atomic E-state index is 13.7. The lowest BCUT2D eigenvalue weighted by Crippen LogP contribution is -2.12.